The van der Waals surface area contributed by atoms with Crippen molar-refractivity contribution in [2.75, 3.05) is 0 Å². The lowest BCUT2D eigenvalue weighted by molar-refractivity contribution is -0.137. The topological polar surface area (TPSA) is 75.3 Å². The van der Waals surface area contributed by atoms with E-state index in [2.05, 4.69) is 10.0 Å². The van der Waals surface area contributed by atoms with Gasteiger partial charge in [-0.25, -0.2) is 17.5 Å². The maximum Gasteiger partial charge on any atom is 0.416 e. The maximum absolute atomic E-state index is 12.4. The van der Waals surface area contributed by atoms with Gasteiger partial charge in [-0.15, -0.1) is 0 Å². The van der Waals surface area contributed by atoms with Crippen LogP contribution in [0.25, 0.3) is 0 Å². The molecule has 0 atom stereocenters. The number of benzene rings is 2. The third-order valence-corrected chi connectivity index (χ3v) is 6.26. The Morgan fingerprint density at radius 1 is 0.935 bits per heavy atom. The van der Waals surface area contributed by atoms with E-state index in [0.29, 0.717) is 13.0 Å². The first-order valence-electron chi connectivity index (χ1n) is 9.73. The van der Waals surface area contributed by atoms with E-state index in [-0.39, 0.29) is 16.8 Å². The number of nitrogens with one attached hydrogen (secondary N) is 2. The summed E-state index contributed by atoms with van der Waals surface area (Å²) in [5.74, 6) is -0.264. The van der Waals surface area contributed by atoms with Crippen LogP contribution in [0.5, 0.6) is 0 Å². The molecule has 3 rings (SSSR count). The van der Waals surface area contributed by atoms with Crippen molar-refractivity contribution in [3.8, 4) is 0 Å². The third kappa shape index (κ3) is 8.29. The molecule has 170 valence electrons. The van der Waals surface area contributed by atoms with E-state index in [9.17, 15) is 30.8 Å². The first-order valence-corrected chi connectivity index (χ1v) is 11.2. The van der Waals surface area contributed by atoms with Gasteiger partial charge in [0.1, 0.15) is 5.82 Å². The van der Waals surface area contributed by atoms with E-state index in [1.165, 1.54) is 12.1 Å². The van der Waals surface area contributed by atoms with Crippen LogP contribution >= 0.6 is 0 Å². The number of carbonyl (C=O) groups excluding carboxylic acids is 1. The zero-order valence-electron chi connectivity index (χ0n) is 16.7. The molecule has 0 aliphatic heterocycles. The number of hydrogen-bond donors (Lipinski definition) is 2. The summed E-state index contributed by atoms with van der Waals surface area (Å²) >= 11 is 0. The summed E-state index contributed by atoms with van der Waals surface area (Å²) in [7, 11) is -3.74. The first kappa shape index (κ1) is 24.8. The molecule has 1 aliphatic rings. The second-order valence-corrected chi connectivity index (χ2v) is 8.82. The lowest BCUT2D eigenvalue weighted by Crippen LogP contribution is -2.36. The van der Waals surface area contributed by atoms with Crippen molar-refractivity contribution in [1.29, 1.82) is 0 Å². The number of sulfonamides is 1. The molecule has 1 fully saturated rings. The highest BCUT2D eigenvalue weighted by molar-refractivity contribution is 7.89. The molecule has 0 radical (unpaired) electrons. The Kier molecular flexibility index (Phi) is 9.00. The van der Waals surface area contributed by atoms with Gasteiger partial charge in [0, 0.05) is 12.6 Å². The second-order valence-electron chi connectivity index (χ2n) is 7.10. The predicted octanol–water partition coefficient (Wildman–Crippen LogP) is 4.39. The van der Waals surface area contributed by atoms with Gasteiger partial charge in [-0.3, -0.25) is 4.79 Å². The molecule has 1 amide bonds. The molecule has 0 unspecified atom stereocenters. The Morgan fingerprint density at radius 2 is 1.52 bits per heavy atom. The minimum Gasteiger partial charge on any atom is -0.355 e. The van der Waals surface area contributed by atoms with Crippen molar-refractivity contribution in [2.24, 2.45) is 0 Å². The van der Waals surface area contributed by atoms with Crippen LogP contribution < -0.4 is 10.0 Å². The van der Waals surface area contributed by atoms with Crippen LogP contribution in [-0.4, -0.2) is 20.9 Å². The second kappa shape index (κ2) is 11.2. The lowest BCUT2D eigenvalue weighted by Gasteiger charge is -2.22. The summed E-state index contributed by atoms with van der Waals surface area (Å²) in [4.78, 5) is 9.73. The smallest absolute Gasteiger partial charge is 0.355 e. The lowest BCUT2D eigenvalue weighted by atomic mass is 9.96. The van der Waals surface area contributed by atoms with Gasteiger partial charge in [0.2, 0.25) is 16.4 Å². The Hall–Kier alpha value is -2.46. The van der Waals surface area contributed by atoms with Gasteiger partial charge in [-0.1, -0.05) is 31.4 Å². The number of rotatable bonds is 6. The van der Waals surface area contributed by atoms with Gasteiger partial charge >= 0.3 is 6.18 Å². The fourth-order valence-electron chi connectivity index (χ4n) is 3.09. The van der Waals surface area contributed by atoms with Crippen LogP contribution in [0.1, 0.15) is 43.2 Å². The summed E-state index contributed by atoms with van der Waals surface area (Å²) in [6.07, 6.45) is 0.751. The van der Waals surface area contributed by atoms with E-state index in [1.807, 2.05) is 0 Å². The summed E-state index contributed by atoms with van der Waals surface area (Å²) in [5, 5.41) is 2.48. The highest BCUT2D eigenvalue weighted by Gasteiger charge is 2.31. The monoisotopic (exact) mass is 460 g/mol. The van der Waals surface area contributed by atoms with Crippen molar-refractivity contribution >= 4 is 16.4 Å². The molecule has 0 aromatic heterocycles. The molecule has 2 aromatic carbocycles. The zero-order valence-corrected chi connectivity index (χ0v) is 17.5. The number of amides is 1. The predicted molar refractivity (Wildman–Crippen MR) is 108 cm³/mol. The van der Waals surface area contributed by atoms with Crippen molar-refractivity contribution < 1.29 is 30.8 Å². The number of carbonyl (C=O) groups is 1. The largest absolute Gasteiger partial charge is 0.416 e. The normalized spacial score (nSPS) is 15.0. The van der Waals surface area contributed by atoms with Gasteiger partial charge in [0.15, 0.2) is 0 Å². The van der Waals surface area contributed by atoms with E-state index >= 15 is 0 Å². The Morgan fingerprint density at radius 3 is 2.03 bits per heavy atom. The molecular weight excluding hydrogens is 436 g/mol. The summed E-state index contributed by atoms with van der Waals surface area (Å²) in [5.41, 5.74) is 0.0348. The van der Waals surface area contributed by atoms with E-state index in [0.717, 1.165) is 61.9 Å². The number of hydrogen-bond acceptors (Lipinski definition) is 3. The van der Waals surface area contributed by atoms with Crippen LogP contribution in [0.2, 0.25) is 0 Å². The van der Waals surface area contributed by atoms with Gasteiger partial charge in [-0.2, -0.15) is 13.2 Å². The molecule has 2 N–H and O–H groups in total. The van der Waals surface area contributed by atoms with E-state index < -0.39 is 21.8 Å². The fourth-order valence-corrected chi connectivity index (χ4v) is 4.40. The average molecular weight is 460 g/mol. The maximum atomic E-state index is 12.4. The van der Waals surface area contributed by atoms with Crippen molar-refractivity contribution in [1.82, 2.24) is 10.0 Å². The average Bonchev–Trinajstić information content (AvgIpc) is 2.74. The minimum atomic E-state index is -4.46. The third-order valence-electron chi connectivity index (χ3n) is 4.72. The molecule has 5 nitrogen and oxygen atoms in total. The highest BCUT2D eigenvalue weighted by Crippen LogP contribution is 2.30. The molecule has 1 saturated carbocycles. The molecule has 2 aromatic rings. The first-order chi connectivity index (χ1) is 14.6. The zero-order chi connectivity index (χ0) is 22.9. The Bertz CT molecular complexity index is 925. The molecule has 31 heavy (non-hydrogen) atoms. The Balaban J connectivity index is 0.000000262. The minimum absolute atomic E-state index is 0.115. The van der Waals surface area contributed by atoms with Crippen molar-refractivity contribution in [2.45, 2.75) is 55.8 Å². The molecule has 1 aliphatic carbocycles. The van der Waals surface area contributed by atoms with Gasteiger partial charge in [0.05, 0.1) is 10.5 Å². The molecule has 0 bridgehead atoms. The van der Waals surface area contributed by atoms with Crippen molar-refractivity contribution in [3.63, 3.8) is 0 Å². The summed E-state index contributed by atoms with van der Waals surface area (Å²) in [6, 6.07) is 9.43. The van der Waals surface area contributed by atoms with Crippen LogP contribution in [0.3, 0.4) is 0 Å². The number of halogens is 4. The standard InChI is InChI=1S/C13H16F3NO2S.C8H8FNO/c14-13(15,16)10-6-8-12(9-7-10)20(18,19)17-11-4-2-1-3-5-11;9-8-3-1-7(2-4-8)5-10-6-11/h6-9,11,17H,1-5H2;1-4,6H,5H2,(H,10,11). The molecule has 10 heteroatoms. The molecule has 0 heterocycles. The fraction of sp³-hybridized carbons (Fsp3) is 0.381. The van der Waals surface area contributed by atoms with Gasteiger partial charge < -0.3 is 5.32 Å². The van der Waals surface area contributed by atoms with E-state index in [1.54, 1.807) is 12.1 Å². The van der Waals surface area contributed by atoms with Crippen LogP contribution in [0.4, 0.5) is 17.6 Å². The van der Waals surface area contributed by atoms with Crippen molar-refractivity contribution in [3.05, 3.63) is 65.5 Å². The molecule has 0 saturated heterocycles. The number of alkyl halides is 3. The van der Waals surface area contributed by atoms with Crippen LogP contribution in [-0.2, 0) is 27.5 Å². The highest BCUT2D eigenvalue weighted by atomic mass is 32.2. The molecular formula is C21H24F4N2O3S. The summed E-state index contributed by atoms with van der Waals surface area (Å²) in [6.45, 7) is 0.448. The molecule has 0 spiro atoms. The quantitative estimate of drug-likeness (QED) is 0.496. The Labute approximate surface area is 178 Å². The van der Waals surface area contributed by atoms with Crippen LogP contribution in [0.15, 0.2) is 53.4 Å². The summed E-state index contributed by atoms with van der Waals surface area (Å²) < 4.78 is 76.3. The van der Waals surface area contributed by atoms with Gasteiger partial charge in [0.25, 0.3) is 0 Å². The van der Waals surface area contributed by atoms with E-state index in [4.69, 9.17) is 0 Å². The SMILES string of the molecule is O=CNCc1ccc(F)cc1.O=S(=O)(NC1CCCCC1)c1ccc(C(F)(F)F)cc1. The van der Waals surface area contributed by atoms with Gasteiger partial charge in [-0.05, 0) is 54.8 Å². The van der Waals surface area contributed by atoms with Crippen LogP contribution in [0, 0.1) is 5.82 Å².